The third-order valence-corrected chi connectivity index (χ3v) is 5.84. The van der Waals surface area contributed by atoms with Gasteiger partial charge in [-0.15, -0.1) is 0 Å². The molecule has 2 aliphatic heterocycles. The molecule has 0 aliphatic carbocycles. The minimum atomic E-state index is -0.891. The molecule has 0 bridgehead atoms. The predicted molar refractivity (Wildman–Crippen MR) is 110 cm³/mol. The third kappa shape index (κ3) is 4.69. The van der Waals surface area contributed by atoms with Crippen LogP contribution < -0.4 is 10.2 Å². The monoisotopic (exact) mass is 413 g/mol. The number of hydrogen-bond donors (Lipinski definition) is 2. The van der Waals surface area contributed by atoms with Crippen molar-refractivity contribution in [2.45, 2.75) is 50.6 Å². The Hall–Kier alpha value is -3.17. The molecule has 0 aromatic carbocycles. The van der Waals surface area contributed by atoms with Crippen molar-refractivity contribution in [2.24, 2.45) is 0 Å². The summed E-state index contributed by atoms with van der Waals surface area (Å²) in [6, 6.07) is 2.01. The minimum absolute atomic E-state index is 0.0181. The number of hydrogen-bond acceptors (Lipinski definition) is 6. The average Bonchev–Trinajstić information content (AvgIpc) is 3.30. The van der Waals surface area contributed by atoms with E-state index in [4.69, 9.17) is 5.11 Å². The van der Waals surface area contributed by atoms with E-state index in [1.54, 1.807) is 29.5 Å². The number of nitrogens with one attached hydrogen (secondary N) is 1. The van der Waals surface area contributed by atoms with Crippen molar-refractivity contribution in [3.63, 3.8) is 0 Å². The first kappa shape index (κ1) is 20.1. The van der Waals surface area contributed by atoms with Crippen LogP contribution in [0, 0.1) is 0 Å². The van der Waals surface area contributed by atoms with Gasteiger partial charge in [0.1, 0.15) is 12.1 Å². The highest BCUT2D eigenvalue weighted by Crippen LogP contribution is 2.25. The van der Waals surface area contributed by atoms with Crippen LogP contribution in [0.15, 0.2) is 31.0 Å². The zero-order valence-electron chi connectivity index (χ0n) is 16.9. The van der Waals surface area contributed by atoms with Gasteiger partial charge in [-0.1, -0.05) is 0 Å². The molecule has 1 unspecified atom stereocenters. The van der Waals surface area contributed by atoms with Crippen molar-refractivity contribution in [1.29, 1.82) is 0 Å². The molecule has 0 radical (unpaired) electrons. The van der Waals surface area contributed by atoms with E-state index in [0.717, 1.165) is 31.6 Å². The van der Waals surface area contributed by atoms with E-state index in [9.17, 15) is 9.59 Å². The molecular weight excluding hydrogens is 386 g/mol. The van der Waals surface area contributed by atoms with Crippen LogP contribution in [0.4, 0.5) is 10.6 Å². The van der Waals surface area contributed by atoms with Gasteiger partial charge >= 0.3 is 6.09 Å². The van der Waals surface area contributed by atoms with Crippen molar-refractivity contribution in [1.82, 2.24) is 29.7 Å². The number of carboxylic acid groups (broad SMARTS) is 1. The molecule has 2 amide bonds. The topological polar surface area (TPSA) is 116 Å². The molecule has 30 heavy (non-hydrogen) atoms. The molecule has 4 rings (SSSR count). The first-order valence-corrected chi connectivity index (χ1v) is 10.5. The standard InChI is InChI=1S/C20H27N7O3/c28-18(23-15-5-10-25(11-6-15)20(29)30)13-16-3-1-2-9-27(16)17-4-7-22-19(24-17)26-12-8-21-14-26/h4,7-8,12,14-16H,1-3,5-6,9-11,13H2,(H,23,28)(H,29,30). The van der Waals surface area contributed by atoms with Gasteiger partial charge < -0.3 is 20.2 Å². The lowest BCUT2D eigenvalue weighted by Crippen LogP contribution is -2.48. The van der Waals surface area contributed by atoms with Crippen molar-refractivity contribution < 1.29 is 14.7 Å². The summed E-state index contributed by atoms with van der Waals surface area (Å²) in [4.78, 5) is 40.4. The molecule has 10 heteroatoms. The summed E-state index contributed by atoms with van der Waals surface area (Å²) >= 11 is 0. The molecule has 10 nitrogen and oxygen atoms in total. The fourth-order valence-corrected chi connectivity index (χ4v) is 4.23. The second-order valence-corrected chi connectivity index (χ2v) is 7.84. The lowest BCUT2D eigenvalue weighted by atomic mass is 9.98. The van der Waals surface area contributed by atoms with E-state index < -0.39 is 6.09 Å². The van der Waals surface area contributed by atoms with Crippen molar-refractivity contribution in [3.05, 3.63) is 31.0 Å². The largest absolute Gasteiger partial charge is 0.465 e. The third-order valence-electron chi connectivity index (χ3n) is 5.84. The number of nitrogens with zero attached hydrogens (tertiary/aromatic N) is 6. The number of aromatic nitrogens is 4. The van der Waals surface area contributed by atoms with Crippen LogP contribution in [-0.4, -0.2) is 73.2 Å². The Labute approximate surface area is 174 Å². The van der Waals surface area contributed by atoms with Gasteiger partial charge in [-0.05, 0) is 38.2 Å². The van der Waals surface area contributed by atoms with Crippen LogP contribution >= 0.6 is 0 Å². The highest BCUT2D eigenvalue weighted by molar-refractivity contribution is 5.77. The molecule has 2 N–H and O–H groups in total. The summed E-state index contributed by atoms with van der Waals surface area (Å²) in [6.07, 6.45) is 10.8. The SMILES string of the molecule is O=C(CC1CCCCN1c1ccnc(-n2ccnc2)n1)NC1CCN(C(=O)O)CC1. The lowest BCUT2D eigenvalue weighted by Gasteiger charge is -2.37. The van der Waals surface area contributed by atoms with Crippen LogP contribution in [-0.2, 0) is 4.79 Å². The zero-order valence-corrected chi connectivity index (χ0v) is 16.9. The van der Waals surface area contributed by atoms with Crippen molar-refractivity contribution in [3.8, 4) is 5.95 Å². The number of rotatable bonds is 5. The highest BCUT2D eigenvalue weighted by Gasteiger charge is 2.28. The summed E-state index contributed by atoms with van der Waals surface area (Å²) in [7, 11) is 0. The highest BCUT2D eigenvalue weighted by atomic mass is 16.4. The van der Waals surface area contributed by atoms with Crippen LogP contribution in [0.3, 0.4) is 0 Å². The Balaban J connectivity index is 1.38. The molecular formula is C20H27N7O3. The van der Waals surface area contributed by atoms with Crippen LogP contribution in [0.1, 0.15) is 38.5 Å². The second kappa shape index (κ2) is 9.10. The Morgan fingerprint density at radius 3 is 2.70 bits per heavy atom. The summed E-state index contributed by atoms with van der Waals surface area (Å²) in [6.45, 7) is 1.79. The van der Waals surface area contributed by atoms with Crippen molar-refractivity contribution >= 4 is 17.8 Å². The quantitative estimate of drug-likeness (QED) is 0.766. The molecule has 2 saturated heterocycles. The Morgan fingerprint density at radius 1 is 1.13 bits per heavy atom. The van der Waals surface area contributed by atoms with Gasteiger partial charge in [0, 0.05) is 56.7 Å². The van der Waals surface area contributed by atoms with E-state index in [-0.39, 0.29) is 18.0 Å². The summed E-state index contributed by atoms with van der Waals surface area (Å²) < 4.78 is 1.76. The Kier molecular flexibility index (Phi) is 6.10. The van der Waals surface area contributed by atoms with Gasteiger partial charge in [0.2, 0.25) is 11.9 Å². The normalized spacial score (nSPS) is 20.2. The van der Waals surface area contributed by atoms with Crippen LogP contribution in [0.2, 0.25) is 0 Å². The fourth-order valence-electron chi connectivity index (χ4n) is 4.23. The Bertz CT molecular complexity index is 865. The summed E-state index contributed by atoms with van der Waals surface area (Å²) in [5, 5.41) is 12.2. The number of carbonyl (C=O) groups excluding carboxylic acids is 1. The maximum absolute atomic E-state index is 12.7. The molecule has 0 saturated carbocycles. The van der Waals surface area contributed by atoms with Gasteiger partial charge in [-0.3, -0.25) is 9.36 Å². The number of carbonyl (C=O) groups is 2. The molecule has 2 aromatic heterocycles. The number of likely N-dealkylation sites (tertiary alicyclic amines) is 1. The molecule has 160 valence electrons. The first-order chi connectivity index (χ1) is 14.6. The van der Waals surface area contributed by atoms with Gasteiger partial charge in [0.05, 0.1) is 0 Å². The summed E-state index contributed by atoms with van der Waals surface area (Å²) in [5.74, 6) is 1.40. The molecule has 2 aromatic rings. The van der Waals surface area contributed by atoms with Gasteiger partial charge in [0.25, 0.3) is 0 Å². The smallest absolute Gasteiger partial charge is 0.407 e. The zero-order chi connectivity index (χ0) is 20.9. The molecule has 0 spiro atoms. The van der Waals surface area contributed by atoms with E-state index in [2.05, 4.69) is 25.2 Å². The number of piperidine rings is 2. The lowest BCUT2D eigenvalue weighted by molar-refractivity contribution is -0.122. The van der Waals surface area contributed by atoms with E-state index in [1.165, 1.54) is 4.90 Å². The van der Waals surface area contributed by atoms with Gasteiger partial charge in [-0.2, -0.15) is 4.98 Å². The van der Waals surface area contributed by atoms with Crippen LogP contribution in [0.5, 0.6) is 0 Å². The maximum Gasteiger partial charge on any atom is 0.407 e. The molecule has 1 atom stereocenters. The number of anilines is 1. The fraction of sp³-hybridized carbons (Fsp3) is 0.550. The van der Waals surface area contributed by atoms with E-state index in [1.807, 2.05) is 6.07 Å². The van der Waals surface area contributed by atoms with E-state index >= 15 is 0 Å². The maximum atomic E-state index is 12.7. The number of imidazole rings is 1. The number of amides is 2. The predicted octanol–water partition coefficient (Wildman–Crippen LogP) is 1.67. The molecule has 4 heterocycles. The van der Waals surface area contributed by atoms with Gasteiger partial charge in [0.15, 0.2) is 0 Å². The average molecular weight is 413 g/mol. The second-order valence-electron chi connectivity index (χ2n) is 7.84. The molecule has 2 aliphatic rings. The minimum Gasteiger partial charge on any atom is -0.465 e. The van der Waals surface area contributed by atoms with Crippen molar-refractivity contribution in [2.75, 3.05) is 24.5 Å². The van der Waals surface area contributed by atoms with Gasteiger partial charge in [-0.25, -0.2) is 14.8 Å². The Morgan fingerprint density at radius 2 is 1.97 bits per heavy atom. The molecule has 2 fully saturated rings. The summed E-state index contributed by atoms with van der Waals surface area (Å²) in [5.41, 5.74) is 0. The van der Waals surface area contributed by atoms with Crippen LogP contribution in [0.25, 0.3) is 5.95 Å². The van der Waals surface area contributed by atoms with E-state index in [0.29, 0.717) is 38.3 Å². The first-order valence-electron chi connectivity index (χ1n) is 10.5.